The first kappa shape index (κ1) is 32.3. The number of pyridine rings is 1. The van der Waals surface area contributed by atoms with E-state index in [1.54, 1.807) is 6.92 Å². The lowest BCUT2D eigenvalue weighted by Crippen LogP contribution is -2.46. The van der Waals surface area contributed by atoms with Gasteiger partial charge in [0.1, 0.15) is 0 Å². The number of fused-ring (bicyclic) bond motifs is 1. The van der Waals surface area contributed by atoms with E-state index < -0.39 is 35.8 Å². The summed E-state index contributed by atoms with van der Waals surface area (Å²) < 4.78 is 45.7. The van der Waals surface area contributed by atoms with Crippen LogP contribution in [0.1, 0.15) is 106 Å². The second-order valence-corrected chi connectivity index (χ2v) is 12.9. The second kappa shape index (κ2) is 12.4. The van der Waals surface area contributed by atoms with Gasteiger partial charge in [-0.15, -0.1) is 0 Å². The van der Waals surface area contributed by atoms with Crippen LogP contribution in [0.2, 0.25) is 0 Å². The molecule has 1 N–H and O–H groups in total. The predicted octanol–water partition coefficient (Wildman–Crippen LogP) is 7.66. The van der Waals surface area contributed by atoms with Gasteiger partial charge in [-0.25, -0.2) is 4.79 Å². The first-order chi connectivity index (χ1) is 21.2. The summed E-state index contributed by atoms with van der Waals surface area (Å²) in [4.78, 5) is 46.9. The van der Waals surface area contributed by atoms with Gasteiger partial charge in [-0.3, -0.25) is 14.6 Å². The van der Waals surface area contributed by atoms with Crippen LogP contribution in [0.5, 0.6) is 0 Å². The van der Waals surface area contributed by atoms with Gasteiger partial charge < -0.3 is 14.7 Å². The average Bonchev–Trinajstić information content (AvgIpc) is 2.98. The number of ether oxygens (including phenoxy) is 1. The lowest BCUT2D eigenvalue weighted by atomic mass is 9.70. The molecule has 0 spiro atoms. The number of Topliss-reactive ketones (excluding diaryl/α,β-unsaturated/α-hetero) is 1. The number of piperidine rings is 1. The molecule has 238 valence electrons. The van der Waals surface area contributed by atoms with E-state index in [4.69, 9.17) is 9.72 Å². The number of likely N-dealkylation sites (tertiary alicyclic amines) is 1. The maximum absolute atomic E-state index is 14.4. The molecular weight excluding hydrogens is 585 g/mol. The standard InChI is InChI=1S/C35H37F3N2O5/c1-20(45-4)31-30(32(42)22-10-12-24(13-11-22)35(36,37)38)28(29-26(39-31)18-34(2,3)19-27(29)41)23-14-15-40(33(43)44)25(17-23)16-21-8-6-5-7-9-21/h5-13,20,23,25H,14-19H2,1-4H3,(H,43,44). The monoisotopic (exact) mass is 622 g/mol. The van der Waals surface area contributed by atoms with E-state index in [1.165, 1.54) is 12.0 Å². The van der Waals surface area contributed by atoms with Crippen LogP contribution in [0.15, 0.2) is 54.6 Å². The highest BCUT2D eigenvalue weighted by Crippen LogP contribution is 2.45. The maximum atomic E-state index is 14.4. The number of carbonyl (C=O) groups excluding carboxylic acids is 2. The summed E-state index contributed by atoms with van der Waals surface area (Å²) in [6.45, 7) is 5.90. The maximum Gasteiger partial charge on any atom is 0.416 e. The smallest absolute Gasteiger partial charge is 0.416 e. The number of rotatable bonds is 7. The van der Waals surface area contributed by atoms with Crippen molar-refractivity contribution in [1.82, 2.24) is 9.88 Å². The van der Waals surface area contributed by atoms with E-state index in [2.05, 4.69) is 0 Å². The summed E-state index contributed by atoms with van der Waals surface area (Å²) in [6.07, 6.45) is -4.39. The number of carboxylic acid groups (broad SMARTS) is 1. The number of amides is 1. The van der Waals surface area contributed by atoms with Crippen molar-refractivity contribution in [2.45, 2.75) is 77.1 Å². The molecule has 0 bridgehead atoms. The van der Waals surface area contributed by atoms with Crippen molar-refractivity contribution in [2.24, 2.45) is 5.41 Å². The van der Waals surface area contributed by atoms with Gasteiger partial charge in [0.05, 0.1) is 28.6 Å². The van der Waals surface area contributed by atoms with Gasteiger partial charge in [0, 0.05) is 37.2 Å². The lowest BCUT2D eigenvalue weighted by molar-refractivity contribution is -0.137. The molecule has 10 heteroatoms. The van der Waals surface area contributed by atoms with Crippen LogP contribution in [0, 0.1) is 5.41 Å². The van der Waals surface area contributed by atoms with Crippen molar-refractivity contribution in [3.8, 4) is 0 Å². The third kappa shape index (κ3) is 6.66. The number of nitrogens with zero attached hydrogens (tertiary/aromatic N) is 2. The molecule has 0 saturated carbocycles. The topological polar surface area (TPSA) is 96.8 Å². The minimum absolute atomic E-state index is 0.0305. The number of carbonyl (C=O) groups is 3. The van der Waals surface area contributed by atoms with Crippen molar-refractivity contribution < 1.29 is 37.4 Å². The fourth-order valence-electron chi connectivity index (χ4n) is 6.81. The molecule has 0 radical (unpaired) electrons. The number of methoxy groups -OCH3 is 1. The van der Waals surface area contributed by atoms with Crippen LogP contribution >= 0.6 is 0 Å². The van der Waals surface area contributed by atoms with Crippen LogP contribution in [0.25, 0.3) is 0 Å². The molecular formula is C35H37F3N2O5. The molecule has 3 atom stereocenters. The lowest BCUT2D eigenvalue weighted by Gasteiger charge is -2.40. The van der Waals surface area contributed by atoms with Crippen LogP contribution in [-0.4, -0.2) is 52.3 Å². The van der Waals surface area contributed by atoms with Crippen molar-refractivity contribution in [2.75, 3.05) is 13.7 Å². The molecule has 3 aromatic rings. The zero-order valence-corrected chi connectivity index (χ0v) is 25.8. The molecule has 1 aliphatic carbocycles. The van der Waals surface area contributed by atoms with Gasteiger partial charge >= 0.3 is 12.3 Å². The number of alkyl halides is 3. The number of halogens is 3. The molecule has 5 rings (SSSR count). The number of benzene rings is 2. The fourth-order valence-corrected chi connectivity index (χ4v) is 6.81. The molecule has 1 aromatic heterocycles. The van der Waals surface area contributed by atoms with Gasteiger partial charge in [-0.2, -0.15) is 13.2 Å². The Bertz CT molecular complexity index is 1600. The molecule has 45 heavy (non-hydrogen) atoms. The predicted molar refractivity (Wildman–Crippen MR) is 162 cm³/mol. The van der Waals surface area contributed by atoms with Gasteiger partial charge in [0.2, 0.25) is 0 Å². The minimum Gasteiger partial charge on any atom is -0.465 e. The largest absolute Gasteiger partial charge is 0.465 e. The first-order valence-electron chi connectivity index (χ1n) is 15.1. The summed E-state index contributed by atoms with van der Waals surface area (Å²) >= 11 is 0. The Labute approximate surface area is 260 Å². The number of hydrogen-bond donors (Lipinski definition) is 1. The van der Waals surface area contributed by atoms with Crippen molar-refractivity contribution in [1.29, 1.82) is 0 Å². The molecule has 1 saturated heterocycles. The van der Waals surface area contributed by atoms with Gasteiger partial charge in [0.15, 0.2) is 11.6 Å². The van der Waals surface area contributed by atoms with Gasteiger partial charge in [-0.05, 0) is 67.2 Å². The fraction of sp³-hybridized carbons (Fsp3) is 0.429. The Hall–Kier alpha value is -4.05. The summed E-state index contributed by atoms with van der Waals surface area (Å²) in [5.74, 6) is -1.08. The van der Waals surface area contributed by atoms with Gasteiger partial charge in [0.25, 0.3) is 0 Å². The molecule has 3 unspecified atom stereocenters. The van der Waals surface area contributed by atoms with Crippen molar-refractivity contribution in [3.63, 3.8) is 0 Å². The highest BCUT2D eigenvalue weighted by Gasteiger charge is 2.42. The summed E-state index contributed by atoms with van der Waals surface area (Å²) in [5.41, 5.74) is 1.66. The van der Waals surface area contributed by atoms with E-state index in [-0.39, 0.29) is 41.2 Å². The summed E-state index contributed by atoms with van der Waals surface area (Å²) in [6, 6.07) is 13.1. The molecule has 7 nitrogen and oxygen atoms in total. The molecule has 2 aliphatic rings. The SMILES string of the molecule is COC(C)c1nc2c(c(C3CCN(C(=O)O)C(Cc4ccccc4)C3)c1C(=O)c1ccc(C(F)(F)F)cc1)C(=O)CC(C)(C)C2. The Balaban J connectivity index is 1.70. The highest BCUT2D eigenvalue weighted by atomic mass is 19.4. The molecule has 1 amide bonds. The Morgan fingerprint density at radius 3 is 2.36 bits per heavy atom. The average molecular weight is 623 g/mol. The molecule has 1 fully saturated rings. The normalized spacial score (nSPS) is 20.4. The Morgan fingerprint density at radius 2 is 1.76 bits per heavy atom. The van der Waals surface area contributed by atoms with E-state index >= 15 is 0 Å². The minimum atomic E-state index is -4.57. The molecule has 1 aliphatic heterocycles. The van der Waals surface area contributed by atoms with Gasteiger partial charge in [-0.1, -0.05) is 56.3 Å². The number of aromatic nitrogens is 1. The Morgan fingerprint density at radius 1 is 1.09 bits per heavy atom. The first-order valence-corrected chi connectivity index (χ1v) is 15.1. The van der Waals surface area contributed by atoms with Crippen molar-refractivity contribution >= 4 is 17.7 Å². The molecule has 2 aromatic carbocycles. The number of ketones is 2. The van der Waals surface area contributed by atoms with Crippen LogP contribution in [0.3, 0.4) is 0 Å². The van der Waals surface area contributed by atoms with Crippen LogP contribution in [-0.2, 0) is 23.8 Å². The van der Waals surface area contributed by atoms with E-state index in [1.807, 2.05) is 44.2 Å². The third-order valence-electron chi connectivity index (χ3n) is 9.03. The number of hydrogen-bond acceptors (Lipinski definition) is 5. The van der Waals surface area contributed by atoms with E-state index in [9.17, 15) is 32.7 Å². The van der Waals surface area contributed by atoms with Crippen molar-refractivity contribution in [3.05, 3.63) is 99.4 Å². The zero-order valence-electron chi connectivity index (χ0n) is 25.8. The Kier molecular flexibility index (Phi) is 8.90. The van der Waals surface area contributed by atoms with Crippen LogP contribution < -0.4 is 0 Å². The van der Waals surface area contributed by atoms with Crippen LogP contribution in [0.4, 0.5) is 18.0 Å². The highest BCUT2D eigenvalue weighted by molar-refractivity contribution is 6.13. The molecule has 2 heterocycles. The second-order valence-electron chi connectivity index (χ2n) is 12.9. The summed E-state index contributed by atoms with van der Waals surface area (Å²) in [5, 5.41) is 10.1. The summed E-state index contributed by atoms with van der Waals surface area (Å²) in [7, 11) is 1.48. The van der Waals surface area contributed by atoms with E-state index in [0.29, 0.717) is 48.2 Å². The quantitative estimate of drug-likeness (QED) is 0.272. The zero-order chi connectivity index (χ0) is 32.7. The van der Waals surface area contributed by atoms with E-state index in [0.717, 1.165) is 29.8 Å². The third-order valence-corrected chi connectivity index (χ3v) is 9.03.